The number of hydrogen-bond acceptors (Lipinski definition) is 2. The summed E-state index contributed by atoms with van der Waals surface area (Å²) >= 11 is 0. The van der Waals surface area contributed by atoms with Crippen molar-refractivity contribution < 1.29 is 0 Å². The number of aliphatic imine (C=N–C) groups is 1. The Morgan fingerprint density at radius 3 is 3.00 bits per heavy atom. The number of nitrogens with two attached hydrogens (primary N) is 1. The molecule has 1 fully saturated rings. The van der Waals surface area contributed by atoms with Gasteiger partial charge in [0.15, 0.2) is 5.96 Å². The highest BCUT2D eigenvalue weighted by atomic mass is 15.1. The number of nitrogens with zero attached hydrogens (tertiary/aromatic N) is 3. The lowest BCUT2D eigenvalue weighted by Gasteiger charge is -2.23. The molecule has 5 nitrogen and oxygen atoms in total. The third-order valence-electron chi connectivity index (χ3n) is 4.34. The molecule has 0 radical (unpaired) electrons. The van der Waals surface area contributed by atoms with Crippen molar-refractivity contribution in [2.75, 3.05) is 6.54 Å². The van der Waals surface area contributed by atoms with Crippen LogP contribution in [0.15, 0.2) is 29.5 Å². The van der Waals surface area contributed by atoms with Gasteiger partial charge in [-0.1, -0.05) is 25.3 Å². The highest BCUT2D eigenvalue weighted by molar-refractivity contribution is 5.78. The molecule has 1 aliphatic rings. The van der Waals surface area contributed by atoms with Gasteiger partial charge in [0.1, 0.15) is 5.65 Å². The normalized spacial score (nSPS) is 17.0. The average molecular weight is 299 g/mol. The molecule has 22 heavy (non-hydrogen) atoms. The Morgan fingerprint density at radius 1 is 1.41 bits per heavy atom. The molecule has 0 bridgehead atoms. The lowest BCUT2D eigenvalue weighted by Crippen LogP contribution is -2.41. The Bertz CT molecular complexity index is 652. The number of guanidine groups is 1. The van der Waals surface area contributed by atoms with Gasteiger partial charge in [0.25, 0.3) is 0 Å². The van der Waals surface area contributed by atoms with E-state index in [1.165, 1.54) is 37.7 Å². The van der Waals surface area contributed by atoms with E-state index in [4.69, 9.17) is 5.73 Å². The van der Waals surface area contributed by atoms with Crippen molar-refractivity contribution in [2.24, 2.45) is 10.7 Å². The molecule has 0 aliphatic heterocycles. The number of rotatable bonds is 4. The van der Waals surface area contributed by atoms with Crippen molar-refractivity contribution in [3.8, 4) is 0 Å². The van der Waals surface area contributed by atoms with Crippen LogP contribution in [0.2, 0.25) is 0 Å². The van der Waals surface area contributed by atoms with Crippen molar-refractivity contribution in [3.05, 3.63) is 35.8 Å². The van der Waals surface area contributed by atoms with E-state index in [1.54, 1.807) is 0 Å². The fourth-order valence-corrected chi connectivity index (χ4v) is 3.12. The van der Waals surface area contributed by atoms with Gasteiger partial charge in [-0.15, -0.1) is 0 Å². The SMILES string of the molecule is Cc1cccn2cc(CCN=C(N)NC3CCCCC3)nc12. The second-order valence-electron chi connectivity index (χ2n) is 6.15. The van der Waals surface area contributed by atoms with Gasteiger partial charge in [-0.3, -0.25) is 4.99 Å². The van der Waals surface area contributed by atoms with E-state index < -0.39 is 0 Å². The topological polar surface area (TPSA) is 67.7 Å². The van der Waals surface area contributed by atoms with Gasteiger partial charge in [-0.05, 0) is 31.4 Å². The number of nitrogens with one attached hydrogen (secondary N) is 1. The van der Waals surface area contributed by atoms with E-state index in [2.05, 4.69) is 38.9 Å². The van der Waals surface area contributed by atoms with Gasteiger partial charge in [0, 0.05) is 31.4 Å². The lowest BCUT2D eigenvalue weighted by molar-refractivity contribution is 0.412. The fraction of sp³-hybridized carbons (Fsp3) is 0.529. The molecule has 1 saturated carbocycles. The first kappa shape index (κ1) is 14.9. The van der Waals surface area contributed by atoms with Crippen LogP contribution in [0.5, 0.6) is 0 Å². The molecule has 5 heteroatoms. The summed E-state index contributed by atoms with van der Waals surface area (Å²) in [5.74, 6) is 0.576. The minimum Gasteiger partial charge on any atom is -0.370 e. The standard InChI is InChI=1S/C17H25N5/c1-13-6-5-11-22-12-15(20-16(13)22)9-10-19-17(18)21-14-7-3-2-4-8-14/h5-6,11-12,14H,2-4,7-10H2,1H3,(H3,18,19,21). The maximum absolute atomic E-state index is 5.98. The van der Waals surface area contributed by atoms with Crippen LogP contribution < -0.4 is 11.1 Å². The monoisotopic (exact) mass is 299 g/mol. The van der Waals surface area contributed by atoms with Gasteiger partial charge in [0.05, 0.1) is 5.69 Å². The first-order valence-corrected chi connectivity index (χ1v) is 8.22. The molecule has 0 aromatic carbocycles. The van der Waals surface area contributed by atoms with Gasteiger partial charge in [-0.2, -0.15) is 0 Å². The third-order valence-corrected chi connectivity index (χ3v) is 4.34. The van der Waals surface area contributed by atoms with Crippen LogP contribution in [-0.4, -0.2) is 27.9 Å². The van der Waals surface area contributed by atoms with E-state index in [1.807, 2.05) is 12.3 Å². The molecule has 0 amide bonds. The summed E-state index contributed by atoms with van der Waals surface area (Å²) in [6.45, 7) is 2.75. The first-order valence-electron chi connectivity index (χ1n) is 8.22. The Kier molecular flexibility index (Phi) is 4.61. The highest BCUT2D eigenvalue weighted by Gasteiger charge is 2.13. The van der Waals surface area contributed by atoms with Gasteiger partial charge >= 0.3 is 0 Å². The third kappa shape index (κ3) is 3.59. The number of hydrogen-bond donors (Lipinski definition) is 2. The van der Waals surface area contributed by atoms with Crippen LogP contribution >= 0.6 is 0 Å². The molecule has 3 rings (SSSR count). The van der Waals surface area contributed by atoms with Crippen LogP contribution in [0.4, 0.5) is 0 Å². The molecule has 1 aliphatic carbocycles. The predicted molar refractivity (Wildman–Crippen MR) is 90.1 cm³/mol. The predicted octanol–water partition coefficient (Wildman–Crippen LogP) is 2.42. The summed E-state index contributed by atoms with van der Waals surface area (Å²) in [6.07, 6.45) is 11.3. The zero-order valence-corrected chi connectivity index (χ0v) is 13.3. The summed E-state index contributed by atoms with van der Waals surface area (Å²) in [5.41, 5.74) is 9.25. The second-order valence-corrected chi connectivity index (χ2v) is 6.15. The van der Waals surface area contributed by atoms with Gasteiger partial charge < -0.3 is 15.5 Å². The Morgan fingerprint density at radius 2 is 2.23 bits per heavy atom. The summed E-state index contributed by atoms with van der Waals surface area (Å²) in [6, 6.07) is 4.63. The van der Waals surface area contributed by atoms with Crippen LogP contribution in [0.25, 0.3) is 5.65 Å². The molecule has 0 saturated heterocycles. The van der Waals surface area contributed by atoms with E-state index >= 15 is 0 Å². The number of fused-ring (bicyclic) bond motifs is 1. The zero-order valence-electron chi connectivity index (χ0n) is 13.3. The van der Waals surface area contributed by atoms with E-state index in [9.17, 15) is 0 Å². The van der Waals surface area contributed by atoms with Crippen LogP contribution in [0, 0.1) is 6.92 Å². The first-order chi connectivity index (χ1) is 10.7. The molecule has 0 spiro atoms. The largest absolute Gasteiger partial charge is 0.370 e. The molecular formula is C17H25N5. The lowest BCUT2D eigenvalue weighted by atomic mass is 9.96. The molecular weight excluding hydrogens is 274 g/mol. The molecule has 2 aromatic heterocycles. The van der Waals surface area contributed by atoms with Crippen molar-refractivity contribution in [3.63, 3.8) is 0 Å². The quantitative estimate of drug-likeness (QED) is 0.673. The Labute approximate surface area is 131 Å². The highest BCUT2D eigenvalue weighted by Crippen LogP contribution is 2.17. The number of aryl methyl sites for hydroxylation is 1. The van der Waals surface area contributed by atoms with E-state index in [0.29, 0.717) is 18.5 Å². The zero-order chi connectivity index (χ0) is 15.4. The summed E-state index contributed by atoms with van der Waals surface area (Å²) in [5, 5.41) is 3.34. The minimum atomic E-state index is 0.510. The van der Waals surface area contributed by atoms with Gasteiger partial charge in [0.2, 0.25) is 0 Å². The summed E-state index contributed by atoms with van der Waals surface area (Å²) < 4.78 is 2.07. The van der Waals surface area contributed by atoms with Crippen LogP contribution in [0.1, 0.15) is 43.4 Å². The fourth-order valence-electron chi connectivity index (χ4n) is 3.12. The maximum Gasteiger partial charge on any atom is 0.188 e. The maximum atomic E-state index is 5.98. The average Bonchev–Trinajstić information content (AvgIpc) is 2.93. The number of aromatic nitrogens is 2. The molecule has 3 N–H and O–H groups in total. The Hall–Kier alpha value is -2.04. The number of imidazole rings is 1. The Balaban J connectivity index is 1.54. The molecule has 0 unspecified atom stereocenters. The molecule has 2 heterocycles. The minimum absolute atomic E-state index is 0.510. The number of pyridine rings is 1. The second kappa shape index (κ2) is 6.81. The smallest absolute Gasteiger partial charge is 0.188 e. The van der Waals surface area contributed by atoms with Crippen molar-refractivity contribution >= 4 is 11.6 Å². The summed E-state index contributed by atoms with van der Waals surface area (Å²) in [7, 11) is 0. The molecule has 0 atom stereocenters. The van der Waals surface area contributed by atoms with Crippen molar-refractivity contribution in [1.82, 2.24) is 14.7 Å². The van der Waals surface area contributed by atoms with Crippen molar-refractivity contribution in [1.29, 1.82) is 0 Å². The van der Waals surface area contributed by atoms with Crippen LogP contribution in [0.3, 0.4) is 0 Å². The van der Waals surface area contributed by atoms with Gasteiger partial charge in [-0.25, -0.2) is 4.98 Å². The van der Waals surface area contributed by atoms with E-state index in [0.717, 1.165) is 17.8 Å². The van der Waals surface area contributed by atoms with E-state index in [-0.39, 0.29) is 0 Å². The van der Waals surface area contributed by atoms with Crippen LogP contribution in [-0.2, 0) is 6.42 Å². The molecule has 2 aromatic rings. The molecule has 118 valence electrons. The van der Waals surface area contributed by atoms with Crippen molar-refractivity contribution in [2.45, 2.75) is 51.5 Å². The summed E-state index contributed by atoms with van der Waals surface area (Å²) in [4.78, 5) is 9.10.